The van der Waals surface area contributed by atoms with E-state index in [9.17, 15) is 9.59 Å². The molecule has 0 aliphatic rings. The fourth-order valence-corrected chi connectivity index (χ4v) is 1.38. The summed E-state index contributed by atoms with van der Waals surface area (Å²) in [6.45, 7) is 7.03. The smallest absolute Gasteiger partial charge is 0.357 e. The number of hydrogen-bond acceptors (Lipinski definition) is 4. The monoisotopic (exact) mass is 240 g/mol. The van der Waals surface area contributed by atoms with Gasteiger partial charge in [0.05, 0.1) is 12.3 Å². The van der Waals surface area contributed by atoms with E-state index in [0.717, 1.165) is 0 Å². The van der Waals surface area contributed by atoms with Crippen molar-refractivity contribution in [3.8, 4) is 0 Å². The van der Waals surface area contributed by atoms with E-state index in [1.54, 1.807) is 13.8 Å². The third-order valence-corrected chi connectivity index (χ3v) is 2.05. The number of nitrogens with zero attached hydrogens (tertiary/aromatic N) is 2. The second kappa shape index (κ2) is 4.99. The quantitative estimate of drug-likeness (QED) is 0.810. The van der Waals surface area contributed by atoms with Gasteiger partial charge in [-0.3, -0.25) is 4.68 Å². The van der Waals surface area contributed by atoms with Gasteiger partial charge in [-0.1, -0.05) is 0 Å². The third kappa shape index (κ3) is 2.83. The molecule has 0 amide bonds. The van der Waals surface area contributed by atoms with Crippen LogP contribution in [0.1, 0.15) is 54.6 Å². The lowest BCUT2D eigenvalue weighted by molar-refractivity contribution is 0.0354. The summed E-state index contributed by atoms with van der Waals surface area (Å²) in [5, 5.41) is 12.9. The van der Waals surface area contributed by atoms with Crippen LogP contribution in [0.3, 0.4) is 0 Å². The van der Waals surface area contributed by atoms with E-state index in [2.05, 4.69) is 5.10 Å². The number of rotatable bonds is 4. The maximum absolute atomic E-state index is 11.8. The maximum atomic E-state index is 11.8. The summed E-state index contributed by atoms with van der Waals surface area (Å²) >= 11 is 0. The Morgan fingerprint density at radius 2 is 1.94 bits per heavy atom. The van der Waals surface area contributed by atoms with E-state index < -0.39 is 11.9 Å². The van der Waals surface area contributed by atoms with Crippen molar-refractivity contribution in [2.45, 2.75) is 39.8 Å². The molecule has 1 aromatic rings. The van der Waals surface area contributed by atoms with Gasteiger partial charge >= 0.3 is 11.9 Å². The van der Waals surface area contributed by atoms with Gasteiger partial charge in [-0.25, -0.2) is 9.59 Å². The molecule has 1 rings (SSSR count). The minimum absolute atomic E-state index is 0.0128. The fourth-order valence-electron chi connectivity index (χ4n) is 1.38. The molecule has 6 heteroatoms. The van der Waals surface area contributed by atoms with E-state index >= 15 is 0 Å². The lowest BCUT2D eigenvalue weighted by Crippen LogP contribution is -2.20. The summed E-state index contributed by atoms with van der Waals surface area (Å²) in [4.78, 5) is 22.8. The highest BCUT2D eigenvalue weighted by Crippen LogP contribution is 2.16. The van der Waals surface area contributed by atoms with Crippen molar-refractivity contribution in [1.82, 2.24) is 9.78 Å². The number of carbonyl (C=O) groups is 2. The predicted octanol–water partition coefficient (Wildman–Crippen LogP) is 1.73. The first-order valence-electron chi connectivity index (χ1n) is 5.36. The van der Waals surface area contributed by atoms with Gasteiger partial charge in [0.25, 0.3) is 0 Å². The van der Waals surface area contributed by atoms with E-state index in [4.69, 9.17) is 9.84 Å². The van der Waals surface area contributed by atoms with Crippen LogP contribution in [-0.4, -0.2) is 32.9 Å². The Balaban J connectivity index is 3.21. The lowest BCUT2D eigenvalue weighted by Gasteiger charge is -2.12. The molecule has 0 fully saturated rings. The summed E-state index contributed by atoms with van der Waals surface area (Å²) in [5.74, 6) is -1.85. The molecule has 0 aromatic carbocycles. The first-order valence-corrected chi connectivity index (χ1v) is 5.36. The Labute approximate surface area is 99.2 Å². The summed E-state index contributed by atoms with van der Waals surface area (Å²) in [6, 6.07) is -0.113. The maximum Gasteiger partial charge on any atom is 0.357 e. The molecule has 17 heavy (non-hydrogen) atoms. The standard InChI is InChI=1S/C11H16N2O4/c1-6(2)13-9(11(16)17-7(3)4)8(5-12-13)10(14)15/h5-7H,1-4H3,(H,14,15). The van der Waals surface area contributed by atoms with Crippen molar-refractivity contribution in [3.63, 3.8) is 0 Å². The Kier molecular flexibility index (Phi) is 3.88. The molecular weight excluding hydrogens is 224 g/mol. The minimum atomic E-state index is -1.19. The highest BCUT2D eigenvalue weighted by atomic mass is 16.5. The van der Waals surface area contributed by atoms with Crippen LogP contribution in [-0.2, 0) is 4.74 Å². The van der Waals surface area contributed by atoms with E-state index in [0.29, 0.717) is 0 Å². The Bertz CT molecular complexity index is 435. The molecule has 0 atom stereocenters. The van der Waals surface area contributed by atoms with Crippen LogP contribution in [0.5, 0.6) is 0 Å². The topological polar surface area (TPSA) is 81.4 Å². The number of aromatic carboxylic acids is 1. The molecule has 6 nitrogen and oxygen atoms in total. The van der Waals surface area contributed by atoms with Gasteiger partial charge in [0.1, 0.15) is 5.56 Å². The molecular formula is C11H16N2O4. The van der Waals surface area contributed by atoms with Crippen LogP contribution < -0.4 is 0 Å². The third-order valence-electron chi connectivity index (χ3n) is 2.05. The van der Waals surface area contributed by atoms with Crippen molar-refractivity contribution < 1.29 is 19.4 Å². The molecule has 94 valence electrons. The summed E-state index contributed by atoms with van der Waals surface area (Å²) in [6.07, 6.45) is 0.860. The van der Waals surface area contributed by atoms with Crippen LogP contribution in [0, 0.1) is 0 Å². The molecule has 0 unspecified atom stereocenters. The highest BCUT2D eigenvalue weighted by molar-refractivity contribution is 6.01. The molecule has 0 bridgehead atoms. The van der Waals surface area contributed by atoms with Gasteiger partial charge in [0.2, 0.25) is 0 Å². The predicted molar refractivity (Wildman–Crippen MR) is 60.1 cm³/mol. The number of carboxylic acid groups (broad SMARTS) is 1. The SMILES string of the molecule is CC(C)OC(=O)c1c(C(=O)O)cnn1C(C)C. The number of ether oxygens (including phenoxy) is 1. The summed E-state index contributed by atoms with van der Waals surface area (Å²) in [7, 11) is 0. The van der Waals surface area contributed by atoms with E-state index in [1.807, 2.05) is 13.8 Å². The van der Waals surface area contributed by atoms with Gasteiger partial charge in [-0.05, 0) is 27.7 Å². The van der Waals surface area contributed by atoms with Gasteiger partial charge in [0, 0.05) is 6.04 Å². The molecule has 1 N–H and O–H groups in total. The Morgan fingerprint density at radius 3 is 2.35 bits per heavy atom. The van der Waals surface area contributed by atoms with Crippen molar-refractivity contribution in [3.05, 3.63) is 17.5 Å². The number of carbonyl (C=O) groups excluding carboxylic acids is 1. The summed E-state index contributed by atoms with van der Waals surface area (Å²) in [5.41, 5.74) is -0.148. The first-order chi connectivity index (χ1) is 7.84. The Morgan fingerprint density at radius 1 is 1.35 bits per heavy atom. The van der Waals surface area contributed by atoms with Crippen molar-refractivity contribution in [2.75, 3.05) is 0 Å². The van der Waals surface area contributed by atoms with Crippen LogP contribution in [0.25, 0.3) is 0 Å². The van der Waals surface area contributed by atoms with Crippen molar-refractivity contribution in [1.29, 1.82) is 0 Å². The molecule has 0 spiro atoms. The molecule has 0 saturated heterocycles. The van der Waals surface area contributed by atoms with Gasteiger partial charge < -0.3 is 9.84 Å². The summed E-state index contributed by atoms with van der Waals surface area (Å²) < 4.78 is 6.37. The normalized spacial score (nSPS) is 10.9. The zero-order valence-corrected chi connectivity index (χ0v) is 10.3. The van der Waals surface area contributed by atoms with Gasteiger partial charge in [-0.2, -0.15) is 5.10 Å². The fraction of sp³-hybridized carbons (Fsp3) is 0.545. The number of aromatic nitrogens is 2. The second-order valence-electron chi connectivity index (χ2n) is 4.20. The first kappa shape index (κ1) is 13.2. The average Bonchev–Trinajstić information content (AvgIpc) is 2.59. The molecule has 0 aliphatic heterocycles. The molecule has 0 saturated carbocycles. The number of hydrogen-bond donors (Lipinski definition) is 1. The molecule has 1 aromatic heterocycles. The van der Waals surface area contributed by atoms with Crippen molar-refractivity contribution in [2.24, 2.45) is 0 Å². The van der Waals surface area contributed by atoms with E-state index in [1.165, 1.54) is 10.9 Å². The zero-order chi connectivity index (χ0) is 13.2. The Hall–Kier alpha value is -1.85. The largest absolute Gasteiger partial charge is 0.478 e. The molecule has 0 aliphatic carbocycles. The van der Waals surface area contributed by atoms with Crippen LogP contribution >= 0.6 is 0 Å². The zero-order valence-electron chi connectivity index (χ0n) is 10.3. The van der Waals surface area contributed by atoms with Gasteiger partial charge in [0.15, 0.2) is 5.69 Å². The molecule has 0 radical (unpaired) electrons. The highest BCUT2D eigenvalue weighted by Gasteiger charge is 2.25. The van der Waals surface area contributed by atoms with Gasteiger partial charge in [-0.15, -0.1) is 0 Å². The average molecular weight is 240 g/mol. The number of esters is 1. The minimum Gasteiger partial charge on any atom is -0.478 e. The number of carboxylic acids is 1. The van der Waals surface area contributed by atoms with E-state index in [-0.39, 0.29) is 23.4 Å². The van der Waals surface area contributed by atoms with Crippen molar-refractivity contribution >= 4 is 11.9 Å². The van der Waals surface area contributed by atoms with Crippen LogP contribution in [0.4, 0.5) is 0 Å². The second-order valence-corrected chi connectivity index (χ2v) is 4.20. The van der Waals surface area contributed by atoms with Crippen LogP contribution in [0.15, 0.2) is 6.20 Å². The van der Waals surface area contributed by atoms with Crippen LogP contribution in [0.2, 0.25) is 0 Å². The molecule has 1 heterocycles. The lowest BCUT2D eigenvalue weighted by atomic mass is 10.2.